The first kappa shape index (κ1) is 26.5. The van der Waals surface area contributed by atoms with Crippen molar-refractivity contribution in [1.82, 2.24) is 4.90 Å². The van der Waals surface area contributed by atoms with Crippen LogP contribution in [-0.4, -0.2) is 63.2 Å². The Morgan fingerprint density at radius 1 is 0.707 bits per heavy atom. The molecule has 8 heteroatoms. The third-order valence-electron chi connectivity index (χ3n) is 7.96. The third-order valence-corrected chi connectivity index (χ3v) is 7.96. The van der Waals surface area contributed by atoms with Gasteiger partial charge in [-0.1, -0.05) is 48.5 Å². The number of nitrogens with one attached hydrogen (secondary N) is 2. The number of anilines is 4. The van der Waals surface area contributed by atoms with Gasteiger partial charge in [-0.05, 0) is 54.6 Å². The highest BCUT2D eigenvalue weighted by Crippen LogP contribution is 2.32. The first-order chi connectivity index (χ1) is 20.1. The van der Waals surface area contributed by atoms with Crippen molar-refractivity contribution in [2.45, 2.75) is 12.8 Å². The summed E-state index contributed by atoms with van der Waals surface area (Å²) in [4.78, 5) is 33.2. The summed E-state index contributed by atoms with van der Waals surface area (Å²) in [7, 11) is 1.70. The number of nitrogens with zero attached hydrogens (tertiary/aromatic N) is 3. The minimum atomic E-state index is -0.348. The minimum absolute atomic E-state index is 0.0165. The highest BCUT2D eigenvalue weighted by molar-refractivity contribution is 6.07. The normalized spacial score (nSPS) is 15.2. The molecule has 0 saturated carbocycles. The predicted octanol–water partition coefficient (Wildman–Crippen LogP) is 6.06. The zero-order valence-corrected chi connectivity index (χ0v) is 23.3. The summed E-state index contributed by atoms with van der Waals surface area (Å²) < 4.78 is 5.58. The van der Waals surface area contributed by atoms with Crippen molar-refractivity contribution in [2.24, 2.45) is 0 Å². The quantitative estimate of drug-likeness (QED) is 0.306. The summed E-state index contributed by atoms with van der Waals surface area (Å²) in [6.07, 6.45) is 2.04. The number of piperazine rings is 1. The number of urea groups is 1. The topological polar surface area (TPSA) is 77.1 Å². The average molecular weight is 550 g/mol. The van der Waals surface area contributed by atoms with Crippen LogP contribution in [0.1, 0.15) is 23.2 Å². The highest BCUT2D eigenvalue weighted by Gasteiger charge is 2.27. The summed E-state index contributed by atoms with van der Waals surface area (Å²) in [5, 5.41) is 7.95. The van der Waals surface area contributed by atoms with Gasteiger partial charge >= 0.3 is 6.03 Å². The Hall–Kier alpha value is -4.72. The molecule has 2 fully saturated rings. The number of carbonyl (C=O) groups excluding carboxylic acids is 2. The van der Waals surface area contributed by atoms with Gasteiger partial charge in [-0.15, -0.1) is 0 Å². The molecule has 0 aromatic heterocycles. The number of para-hydroxylation sites is 2. The van der Waals surface area contributed by atoms with Gasteiger partial charge in [0.15, 0.2) is 0 Å². The maximum absolute atomic E-state index is 13.7. The molecule has 6 rings (SSSR count). The number of methoxy groups -OCH3 is 1. The smallest absolute Gasteiger partial charge is 0.323 e. The van der Waals surface area contributed by atoms with Crippen LogP contribution in [0, 0.1) is 0 Å². The largest absolute Gasteiger partial charge is 0.495 e. The second-order valence-electron chi connectivity index (χ2n) is 10.5. The van der Waals surface area contributed by atoms with Crippen LogP contribution in [-0.2, 0) is 0 Å². The first-order valence-corrected chi connectivity index (χ1v) is 14.2. The monoisotopic (exact) mass is 549 g/mol. The molecule has 8 nitrogen and oxygen atoms in total. The van der Waals surface area contributed by atoms with Crippen molar-refractivity contribution in [3.63, 3.8) is 0 Å². The van der Waals surface area contributed by atoms with E-state index in [0.29, 0.717) is 11.3 Å². The Bertz CT molecular complexity index is 1550. The number of hydrogen-bond acceptors (Lipinski definition) is 5. The number of amides is 3. The second-order valence-corrected chi connectivity index (χ2v) is 10.5. The van der Waals surface area contributed by atoms with Gasteiger partial charge in [0.25, 0.3) is 5.91 Å². The fourth-order valence-corrected chi connectivity index (χ4v) is 5.85. The Morgan fingerprint density at radius 3 is 2.17 bits per heavy atom. The van der Waals surface area contributed by atoms with Crippen LogP contribution in [0.4, 0.5) is 27.5 Å². The number of rotatable bonds is 6. The fourth-order valence-electron chi connectivity index (χ4n) is 5.85. The molecule has 0 bridgehead atoms. The molecule has 0 aliphatic carbocycles. The summed E-state index contributed by atoms with van der Waals surface area (Å²) >= 11 is 0. The molecule has 2 aliphatic heterocycles. The molecule has 3 amide bonds. The van der Waals surface area contributed by atoms with E-state index in [0.717, 1.165) is 85.7 Å². The number of ether oxygens (including phenoxy) is 1. The zero-order chi connectivity index (χ0) is 28.2. The fraction of sp³-hybridized carbons (Fsp3) is 0.273. The van der Waals surface area contributed by atoms with Crippen molar-refractivity contribution in [1.29, 1.82) is 0 Å². The Balaban J connectivity index is 1.21. The predicted molar refractivity (Wildman–Crippen MR) is 166 cm³/mol. The molecule has 2 heterocycles. The van der Waals surface area contributed by atoms with E-state index in [1.807, 2.05) is 83.8 Å². The van der Waals surface area contributed by atoms with Crippen LogP contribution in [0.25, 0.3) is 10.8 Å². The van der Waals surface area contributed by atoms with Crippen molar-refractivity contribution in [3.8, 4) is 5.75 Å². The van der Waals surface area contributed by atoms with Gasteiger partial charge in [0.2, 0.25) is 0 Å². The van der Waals surface area contributed by atoms with E-state index in [1.165, 1.54) is 0 Å². The third kappa shape index (κ3) is 5.63. The van der Waals surface area contributed by atoms with Crippen LogP contribution in [0.2, 0.25) is 0 Å². The molecule has 210 valence electrons. The van der Waals surface area contributed by atoms with E-state index in [2.05, 4.69) is 26.5 Å². The molecule has 0 atom stereocenters. The van der Waals surface area contributed by atoms with Crippen LogP contribution in [0.5, 0.6) is 5.75 Å². The van der Waals surface area contributed by atoms with Crippen molar-refractivity contribution >= 4 is 45.5 Å². The lowest BCUT2D eigenvalue weighted by atomic mass is 10.1. The lowest BCUT2D eigenvalue weighted by Gasteiger charge is -2.38. The average Bonchev–Trinajstić information content (AvgIpc) is 3.56. The van der Waals surface area contributed by atoms with E-state index in [9.17, 15) is 9.59 Å². The van der Waals surface area contributed by atoms with E-state index in [1.54, 1.807) is 7.11 Å². The number of benzene rings is 4. The van der Waals surface area contributed by atoms with Crippen LogP contribution in [0.3, 0.4) is 0 Å². The molecule has 2 saturated heterocycles. The van der Waals surface area contributed by atoms with E-state index < -0.39 is 0 Å². The Labute approximate surface area is 240 Å². The summed E-state index contributed by atoms with van der Waals surface area (Å²) in [6.45, 7) is 4.69. The van der Waals surface area contributed by atoms with Gasteiger partial charge in [-0.3, -0.25) is 4.79 Å². The van der Waals surface area contributed by atoms with E-state index in [-0.39, 0.29) is 11.9 Å². The summed E-state index contributed by atoms with van der Waals surface area (Å²) in [5.74, 6) is 0.880. The van der Waals surface area contributed by atoms with Crippen LogP contribution in [0.15, 0.2) is 84.9 Å². The number of carbonyl (C=O) groups is 2. The summed E-state index contributed by atoms with van der Waals surface area (Å²) in [5.41, 5.74) is 3.93. The standard InChI is InChI=1S/C33H35N5O3/c1-41-31-14-5-4-13-30(31)37-21-19-36(20-22-37)29-16-15-25(23-27(29)32(39)38-17-6-7-18-38)34-33(40)35-28-12-8-10-24-9-2-3-11-26(24)28/h2-5,8-16,23H,6-7,17-22H2,1H3,(H2,34,35,40). The van der Waals surface area contributed by atoms with Gasteiger partial charge in [-0.25, -0.2) is 4.79 Å². The van der Waals surface area contributed by atoms with E-state index >= 15 is 0 Å². The number of likely N-dealkylation sites (tertiary alicyclic amines) is 1. The van der Waals surface area contributed by atoms with Crippen molar-refractivity contribution < 1.29 is 14.3 Å². The first-order valence-electron chi connectivity index (χ1n) is 14.2. The molecule has 41 heavy (non-hydrogen) atoms. The summed E-state index contributed by atoms with van der Waals surface area (Å²) in [6, 6.07) is 27.2. The lowest BCUT2D eigenvalue weighted by Crippen LogP contribution is -2.47. The van der Waals surface area contributed by atoms with Gasteiger partial charge < -0.3 is 30.1 Å². The van der Waals surface area contributed by atoms with Crippen molar-refractivity contribution in [3.05, 3.63) is 90.5 Å². The molecule has 4 aromatic carbocycles. The van der Waals surface area contributed by atoms with E-state index in [4.69, 9.17) is 4.74 Å². The number of fused-ring (bicyclic) bond motifs is 1. The van der Waals surface area contributed by atoms with Gasteiger partial charge in [0.1, 0.15) is 5.75 Å². The SMILES string of the molecule is COc1ccccc1N1CCN(c2ccc(NC(=O)Nc3cccc4ccccc34)cc2C(=O)N2CCCC2)CC1. The number of hydrogen-bond donors (Lipinski definition) is 2. The van der Waals surface area contributed by atoms with Crippen LogP contribution >= 0.6 is 0 Å². The molecule has 0 unspecified atom stereocenters. The van der Waals surface area contributed by atoms with Gasteiger partial charge in [0, 0.05) is 56.0 Å². The maximum Gasteiger partial charge on any atom is 0.323 e. The maximum atomic E-state index is 13.7. The molecular weight excluding hydrogens is 514 g/mol. The minimum Gasteiger partial charge on any atom is -0.495 e. The molecule has 2 N–H and O–H groups in total. The van der Waals surface area contributed by atoms with Gasteiger partial charge in [-0.2, -0.15) is 0 Å². The molecule has 2 aliphatic rings. The molecule has 4 aromatic rings. The van der Waals surface area contributed by atoms with Crippen molar-refractivity contribution in [2.75, 3.05) is 66.8 Å². The highest BCUT2D eigenvalue weighted by atomic mass is 16.5. The zero-order valence-electron chi connectivity index (χ0n) is 23.3. The van der Waals surface area contributed by atoms with Gasteiger partial charge in [0.05, 0.1) is 24.0 Å². The molecular formula is C33H35N5O3. The Morgan fingerprint density at radius 2 is 1.39 bits per heavy atom. The molecule has 0 radical (unpaired) electrons. The lowest BCUT2D eigenvalue weighted by molar-refractivity contribution is 0.0793. The Kier molecular flexibility index (Phi) is 7.63. The molecule has 0 spiro atoms. The van der Waals surface area contributed by atoms with Crippen LogP contribution < -0.4 is 25.2 Å². The second kappa shape index (κ2) is 11.8.